The van der Waals surface area contributed by atoms with Gasteiger partial charge < -0.3 is 10.0 Å². The highest BCUT2D eigenvalue weighted by atomic mass is 16.3. The Labute approximate surface area is 101 Å². The van der Waals surface area contributed by atoms with Crippen molar-refractivity contribution in [3.05, 3.63) is 59.7 Å². The van der Waals surface area contributed by atoms with E-state index in [0.29, 0.717) is 5.75 Å². The quantitative estimate of drug-likeness (QED) is 0.806. The van der Waals surface area contributed by atoms with Crippen LogP contribution in [0.5, 0.6) is 5.75 Å². The van der Waals surface area contributed by atoms with Gasteiger partial charge >= 0.3 is 0 Å². The van der Waals surface area contributed by atoms with Crippen molar-refractivity contribution in [1.82, 2.24) is 0 Å². The largest absolute Gasteiger partial charge is 0.508 e. The van der Waals surface area contributed by atoms with Crippen molar-refractivity contribution in [2.45, 2.75) is 13.0 Å². The lowest BCUT2D eigenvalue weighted by molar-refractivity contribution is 0.475. The van der Waals surface area contributed by atoms with E-state index in [9.17, 15) is 5.11 Å². The Kier molecular flexibility index (Phi) is 2.48. The molecule has 0 atom stereocenters. The van der Waals surface area contributed by atoms with Crippen LogP contribution in [0.1, 0.15) is 11.1 Å². The zero-order valence-electron chi connectivity index (χ0n) is 9.63. The Morgan fingerprint density at radius 3 is 2.35 bits per heavy atom. The topological polar surface area (TPSA) is 23.5 Å². The fourth-order valence-electron chi connectivity index (χ4n) is 2.38. The highest BCUT2D eigenvalue weighted by Gasteiger charge is 2.15. The van der Waals surface area contributed by atoms with Crippen molar-refractivity contribution < 1.29 is 5.11 Å². The maximum atomic E-state index is 9.29. The summed E-state index contributed by atoms with van der Waals surface area (Å²) < 4.78 is 0. The Morgan fingerprint density at radius 1 is 0.882 bits per heavy atom. The minimum Gasteiger partial charge on any atom is -0.508 e. The molecular formula is C15H15NO. The van der Waals surface area contributed by atoms with Gasteiger partial charge in [-0.05, 0) is 41.8 Å². The Morgan fingerprint density at radius 2 is 1.59 bits per heavy atom. The number of fused-ring (bicyclic) bond motifs is 1. The molecule has 2 aromatic carbocycles. The van der Waals surface area contributed by atoms with E-state index in [4.69, 9.17) is 0 Å². The molecule has 0 fully saturated rings. The van der Waals surface area contributed by atoms with Gasteiger partial charge in [-0.25, -0.2) is 0 Å². The van der Waals surface area contributed by atoms with Crippen LogP contribution in [0.25, 0.3) is 0 Å². The summed E-state index contributed by atoms with van der Waals surface area (Å²) in [6, 6.07) is 16.1. The zero-order valence-corrected chi connectivity index (χ0v) is 9.63. The molecule has 0 spiro atoms. The van der Waals surface area contributed by atoms with E-state index in [1.165, 1.54) is 16.8 Å². The molecule has 1 aliphatic rings. The van der Waals surface area contributed by atoms with Crippen molar-refractivity contribution in [2.75, 3.05) is 11.4 Å². The van der Waals surface area contributed by atoms with Crippen LogP contribution < -0.4 is 4.90 Å². The van der Waals surface area contributed by atoms with Gasteiger partial charge in [0, 0.05) is 18.8 Å². The molecule has 0 aromatic heterocycles. The third kappa shape index (κ3) is 1.98. The van der Waals surface area contributed by atoms with E-state index in [1.807, 2.05) is 12.1 Å². The molecule has 0 saturated heterocycles. The molecule has 2 nitrogen and oxygen atoms in total. The van der Waals surface area contributed by atoms with E-state index >= 15 is 0 Å². The number of rotatable bonds is 1. The summed E-state index contributed by atoms with van der Waals surface area (Å²) in [7, 11) is 0. The first-order valence-corrected chi connectivity index (χ1v) is 5.94. The molecule has 0 bridgehead atoms. The predicted octanol–water partition coefficient (Wildman–Crippen LogP) is 2.95. The molecule has 0 saturated carbocycles. The lowest BCUT2D eigenvalue weighted by Crippen LogP contribution is -2.30. The Hall–Kier alpha value is -1.96. The van der Waals surface area contributed by atoms with Gasteiger partial charge in [-0.2, -0.15) is 0 Å². The maximum Gasteiger partial charge on any atom is 0.115 e. The number of phenolic OH excluding ortho intramolecular Hbond substituents is 1. The Balaban J connectivity index is 1.86. The third-order valence-corrected chi connectivity index (χ3v) is 3.35. The van der Waals surface area contributed by atoms with Crippen LogP contribution in [-0.4, -0.2) is 11.7 Å². The molecule has 0 aliphatic carbocycles. The molecule has 0 radical (unpaired) electrons. The lowest BCUT2D eigenvalue weighted by Gasteiger charge is -2.30. The number of nitrogens with zero attached hydrogens (tertiary/aromatic N) is 1. The zero-order chi connectivity index (χ0) is 11.7. The number of aromatic hydroxyl groups is 1. The van der Waals surface area contributed by atoms with Gasteiger partial charge in [-0.15, -0.1) is 0 Å². The van der Waals surface area contributed by atoms with Gasteiger partial charge in [-0.1, -0.05) is 24.3 Å². The molecule has 0 unspecified atom stereocenters. The number of hydrogen-bond acceptors (Lipinski definition) is 2. The van der Waals surface area contributed by atoms with Crippen LogP contribution >= 0.6 is 0 Å². The highest BCUT2D eigenvalue weighted by Crippen LogP contribution is 2.25. The smallest absolute Gasteiger partial charge is 0.115 e. The molecule has 0 amide bonds. The second kappa shape index (κ2) is 4.13. The molecule has 1 N–H and O–H groups in total. The Bertz CT molecular complexity index is 519. The average molecular weight is 225 g/mol. The third-order valence-electron chi connectivity index (χ3n) is 3.35. The molecule has 1 aliphatic heterocycles. The summed E-state index contributed by atoms with van der Waals surface area (Å²) in [5, 5.41) is 9.29. The fraction of sp³-hybridized carbons (Fsp3) is 0.200. The van der Waals surface area contributed by atoms with E-state index in [0.717, 1.165) is 19.5 Å². The number of phenols is 1. The van der Waals surface area contributed by atoms with Gasteiger partial charge in [0.1, 0.15) is 5.75 Å². The summed E-state index contributed by atoms with van der Waals surface area (Å²) in [6.45, 7) is 2.00. The normalized spacial score (nSPS) is 14.5. The van der Waals surface area contributed by atoms with Gasteiger partial charge in [-0.3, -0.25) is 0 Å². The van der Waals surface area contributed by atoms with Gasteiger partial charge in [0.2, 0.25) is 0 Å². The van der Waals surface area contributed by atoms with Crippen LogP contribution in [-0.2, 0) is 13.0 Å². The van der Waals surface area contributed by atoms with Crippen molar-refractivity contribution in [1.29, 1.82) is 0 Å². The summed E-state index contributed by atoms with van der Waals surface area (Å²) in [4.78, 5) is 2.35. The van der Waals surface area contributed by atoms with E-state index in [2.05, 4.69) is 29.2 Å². The second-order valence-electron chi connectivity index (χ2n) is 4.46. The molecule has 1 heterocycles. The van der Waals surface area contributed by atoms with Crippen molar-refractivity contribution in [3.63, 3.8) is 0 Å². The summed E-state index contributed by atoms with van der Waals surface area (Å²) in [5.74, 6) is 0.325. The molecule has 3 rings (SSSR count). The van der Waals surface area contributed by atoms with Crippen LogP contribution in [0, 0.1) is 0 Å². The molecular weight excluding hydrogens is 210 g/mol. The first kappa shape index (κ1) is 10.2. The summed E-state index contributed by atoms with van der Waals surface area (Å²) in [6.07, 6.45) is 1.09. The maximum absolute atomic E-state index is 9.29. The van der Waals surface area contributed by atoms with Gasteiger partial charge in [0.25, 0.3) is 0 Å². The summed E-state index contributed by atoms with van der Waals surface area (Å²) >= 11 is 0. The first-order valence-electron chi connectivity index (χ1n) is 5.94. The standard InChI is InChI=1S/C15H15NO/c17-15-7-5-14(6-8-15)16-10-9-12-3-1-2-4-13(12)11-16/h1-8,17H,9-11H2. The van der Waals surface area contributed by atoms with Crippen LogP contribution in [0.15, 0.2) is 48.5 Å². The van der Waals surface area contributed by atoms with Gasteiger partial charge in [0.15, 0.2) is 0 Å². The van der Waals surface area contributed by atoms with Crippen molar-refractivity contribution in [2.24, 2.45) is 0 Å². The molecule has 2 heteroatoms. The van der Waals surface area contributed by atoms with Crippen LogP contribution in [0.3, 0.4) is 0 Å². The van der Waals surface area contributed by atoms with Crippen LogP contribution in [0.4, 0.5) is 5.69 Å². The van der Waals surface area contributed by atoms with Gasteiger partial charge in [0.05, 0.1) is 0 Å². The van der Waals surface area contributed by atoms with E-state index in [1.54, 1.807) is 12.1 Å². The number of hydrogen-bond donors (Lipinski definition) is 1. The van der Waals surface area contributed by atoms with Crippen molar-refractivity contribution in [3.8, 4) is 5.75 Å². The van der Waals surface area contributed by atoms with E-state index < -0.39 is 0 Å². The summed E-state index contributed by atoms with van der Waals surface area (Å²) in [5.41, 5.74) is 4.05. The fourth-order valence-corrected chi connectivity index (χ4v) is 2.38. The van der Waals surface area contributed by atoms with E-state index in [-0.39, 0.29) is 0 Å². The second-order valence-corrected chi connectivity index (χ2v) is 4.46. The molecule has 2 aromatic rings. The minimum atomic E-state index is 0.325. The highest BCUT2D eigenvalue weighted by molar-refractivity contribution is 5.51. The van der Waals surface area contributed by atoms with Crippen molar-refractivity contribution >= 4 is 5.69 Å². The molecule has 17 heavy (non-hydrogen) atoms. The number of anilines is 1. The van der Waals surface area contributed by atoms with Crippen LogP contribution in [0.2, 0.25) is 0 Å². The first-order chi connectivity index (χ1) is 8.33. The average Bonchev–Trinajstić information content (AvgIpc) is 2.39. The predicted molar refractivity (Wildman–Crippen MR) is 69.3 cm³/mol. The molecule has 86 valence electrons. The minimum absolute atomic E-state index is 0.325. The number of benzene rings is 2. The monoisotopic (exact) mass is 225 g/mol. The SMILES string of the molecule is Oc1ccc(N2CCc3ccccc3C2)cc1. The lowest BCUT2D eigenvalue weighted by atomic mass is 9.99.